The number of aliphatic hydroxyl groups is 2. The Morgan fingerprint density at radius 1 is 1.10 bits per heavy atom. The van der Waals surface area contributed by atoms with Gasteiger partial charge in [-0.15, -0.1) is 0 Å². The van der Waals surface area contributed by atoms with E-state index in [4.69, 9.17) is 9.72 Å². The fourth-order valence-electron chi connectivity index (χ4n) is 4.47. The zero-order valence-electron chi connectivity index (χ0n) is 15.8. The molecule has 0 saturated heterocycles. The number of hydrogen-bond donors (Lipinski definition) is 2. The first-order valence-electron chi connectivity index (χ1n) is 9.63. The second-order valence-corrected chi connectivity index (χ2v) is 7.71. The van der Waals surface area contributed by atoms with Gasteiger partial charge in [-0.25, -0.2) is 9.78 Å². The Labute approximate surface area is 169 Å². The number of fused-ring (bicyclic) bond motifs is 7. The number of pyridine rings is 2. The predicted molar refractivity (Wildman–Crippen MR) is 109 cm³/mol. The molecule has 148 valence electrons. The minimum Gasteiger partial charge on any atom is -0.458 e. The Bertz CT molecular complexity index is 1470. The molecule has 0 saturated carbocycles. The lowest BCUT2D eigenvalue weighted by Gasteiger charge is -2.21. The summed E-state index contributed by atoms with van der Waals surface area (Å²) in [6.45, 7) is 0.185. The van der Waals surface area contributed by atoms with Crippen molar-refractivity contribution >= 4 is 27.6 Å². The molecule has 0 fully saturated rings. The predicted octanol–water partition coefficient (Wildman–Crippen LogP) is 2.16. The number of carbonyl (C=O) groups is 1. The number of aromatic nitrogens is 2. The number of hydrogen-bond acceptors (Lipinski definition) is 6. The van der Waals surface area contributed by atoms with Crippen LogP contribution in [0.15, 0.2) is 47.3 Å². The third-order valence-electron chi connectivity index (χ3n) is 6.02. The Hall–Kier alpha value is -3.55. The van der Waals surface area contributed by atoms with Gasteiger partial charge in [-0.05, 0) is 40.6 Å². The highest BCUT2D eigenvalue weighted by Crippen LogP contribution is 2.36. The fraction of sp³-hybridized carbons (Fsp3) is 0.174. The molecule has 1 atom stereocenters. The molecule has 2 aliphatic heterocycles. The second-order valence-electron chi connectivity index (χ2n) is 7.71. The van der Waals surface area contributed by atoms with Crippen molar-refractivity contribution in [1.82, 2.24) is 9.55 Å². The third kappa shape index (κ3) is 2.24. The van der Waals surface area contributed by atoms with Crippen LogP contribution in [0.3, 0.4) is 0 Å². The van der Waals surface area contributed by atoms with Gasteiger partial charge in [0.1, 0.15) is 6.61 Å². The standard InChI is InChI=1S/C23H16N2O5/c26-9-11-1-2-12-3-4-18-15(14(12)5-11)6-13-8-25-19(20(13)24-18)7-16-17(22(25)28)10-30-23(29)21(16)27/h1-7,21,26-27H,8-10H2. The Morgan fingerprint density at radius 2 is 1.93 bits per heavy atom. The number of ether oxygens (including phenoxy) is 1. The van der Waals surface area contributed by atoms with Crippen LogP contribution in [0.2, 0.25) is 0 Å². The number of cyclic esters (lactones) is 1. The van der Waals surface area contributed by atoms with Crippen LogP contribution in [0.25, 0.3) is 33.1 Å². The van der Waals surface area contributed by atoms with Crippen LogP contribution in [0, 0.1) is 0 Å². The second kappa shape index (κ2) is 5.98. The lowest BCUT2D eigenvalue weighted by atomic mass is 9.99. The summed E-state index contributed by atoms with van der Waals surface area (Å²) < 4.78 is 6.54. The lowest BCUT2D eigenvalue weighted by molar-refractivity contribution is -0.157. The average molecular weight is 400 g/mol. The molecule has 4 aromatic rings. The van der Waals surface area contributed by atoms with E-state index in [1.165, 1.54) is 0 Å². The van der Waals surface area contributed by atoms with E-state index in [0.29, 0.717) is 29.1 Å². The van der Waals surface area contributed by atoms with Crippen molar-refractivity contribution in [2.45, 2.75) is 25.9 Å². The van der Waals surface area contributed by atoms with Gasteiger partial charge in [0, 0.05) is 16.5 Å². The molecular weight excluding hydrogens is 384 g/mol. The van der Waals surface area contributed by atoms with Gasteiger partial charge in [0.05, 0.1) is 35.6 Å². The SMILES string of the molecule is O=C1OCc2c(cc3n(c2=O)Cc2cc4c(ccc5ccc(CO)cc54)nc2-3)C1O. The van der Waals surface area contributed by atoms with Gasteiger partial charge in [0.25, 0.3) is 5.56 Å². The molecule has 30 heavy (non-hydrogen) atoms. The van der Waals surface area contributed by atoms with Crippen LogP contribution in [0.5, 0.6) is 0 Å². The number of esters is 1. The first-order chi connectivity index (χ1) is 14.5. The maximum absolute atomic E-state index is 13.0. The van der Waals surface area contributed by atoms with E-state index in [2.05, 4.69) is 0 Å². The van der Waals surface area contributed by atoms with Crippen molar-refractivity contribution in [3.8, 4) is 11.4 Å². The number of aliphatic hydroxyl groups excluding tert-OH is 2. The number of benzene rings is 2. The van der Waals surface area contributed by atoms with Crippen LogP contribution in [-0.2, 0) is 29.3 Å². The molecule has 2 aliphatic rings. The van der Waals surface area contributed by atoms with E-state index < -0.39 is 12.1 Å². The molecule has 0 radical (unpaired) electrons. The van der Waals surface area contributed by atoms with E-state index in [-0.39, 0.29) is 18.8 Å². The minimum atomic E-state index is -1.46. The van der Waals surface area contributed by atoms with Crippen molar-refractivity contribution < 1.29 is 19.7 Å². The summed E-state index contributed by atoms with van der Waals surface area (Å²) in [6.07, 6.45) is -1.46. The van der Waals surface area contributed by atoms with E-state index in [0.717, 1.165) is 32.8 Å². The van der Waals surface area contributed by atoms with Crippen molar-refractivity contribution in [2.75, 3.05) is 0 Å². The average Bonchev–Trinajstić information content (AvgIpc) is 3.13. The Kier molecular flexibility index (Phi) is 3.45. The Balaban J connectivity index is 1.61. The summed E-state index contributed by atoms with van der Waals surface area (Å²) >= 11 is 0. The summed E-state index contributed by atoms with van der Waals surface area (Å²) in [4.78, 5) is 29.6. The highest BCUT2D eigenvalue weighted by molar-refractivity contribution is 6.07. The first-order valence-corrected chi connectivity index (χ1v) is 9.63. The molecule has 0 bridgehead atoms. The summed E-state index contributed by atoms with van der Waals surface area (Å²) in [5, 5.41) is 22.7. The molecular formula is C23H16N2O5. The van der Waals surface area contributed by atoms with E-state index in [1.807, 2.05) is 36.4 Å². The highest BCUT2D eigenvalue weighted by atomic mass is 16.5. The van der Waals surface area contributed by atoms with Gasteiger partial charge in [-0.1, -0.05) is 18.2 Å². The van der Waals surface area contributed by atoms with Gasteiger partial charge < -0.3 is 19.5 Å². The van der Waals surface area contributed by atoms with E-state index in [9.17, 15) is 19.8 Å². The summed E-state index contributed by atoms with van der Waals surface area (Å²) in [7, 11) is 0. The molecule has 4 heterocycles. The van der Waals surface area contributed by atoms with Crippen LogP contribution < -0.4 is 5.56 Å². The molecule has 2 aromatic heterocycles. The molecule has 1 unspecified atom stereocenters. The lowest BCUT2D eigenvalue weighted by Crippen LogP contribution is -2.32. The van der Waals surface area contributed by atoms with Crippen molar-refractivity contribution in [2.24, 2.45) is 0 Å². The van der Waals surface area contributed by atoms with E-state index >= 15 is 0 Å². The van der Waals surface area contributed by atoms with Gasteiger partial charge in [-0.2, -0.15) is 0 Å². The Morgan fingerprint density at radius 3 is 2.77 bits per heavy atom. The molecule has 7 heteroatoms. The van der Waals surface area contributed by atoms with Gasteiger partial charge in [0.2, 0.25) is 0 Å². The van der Waals surface area contributed by atoms with E-state index in [1.54, 1.807) is 10.6 Å². The molecule has 7 nitrogen and oxygen atoms in total. The first kappa shape index (κ1) is 17.3. The zero-order chi connectivity index (χ0) is 20.6. The van der Waals surface area contributed by atoms with Gasteiger partial charge >= 0.3 is 5.97 Å². The third-order valence-corrected chi connectivity index (χ3v) is 6.02. The largest absolute Gasteiger partial charge is 0.458 e. The number of rotatable bonds is 1. The molecule has 6 rings (SSSR count). The van der Waals surface area contributed by atoms with Crippen molar-refractivity contribution in [3.05, 3.63) is 75.1 Å². The molecule has 2 N–H and O–H groups in total. The van der Waals surface area contributed by atoms with Crippen LogP contribution in [-0.4, -0.2) is 25.7 Å². The summed E-state index contributed by atoms with van der Waals surface area (Å²) in [6, 6.07) is 13.4. The van der Waals surface area contributed by atoms with Gasteiger partial charge in [0.15, 0.2) is 6.10 Å². The van der Waals surface area contributed by atoms with Crippen LogP contribution in [0.4, 0.5) is 0 Å². The molecule has 2 aromatic carbocycles. The molecule has 0 spiro atoms. The summed E-state index contributed by atoms with van der Waals surface area (Å²) in [5.41, 5.74) is 4.08. The molecule has 0 amide bonds. The fourth-order valence-corrected chi connectivity index (χ4v) is 4.47. The minimum absolute atomic E-state index is 0.0415. The quantitative estimate of drug-likeness (QED) is 0.330. The maximum atomic E-state index is 13.0. The monoisotopic (exact) mass is 400 g/mol. The number of nitrogens with zero attached hydrogens (tertiary/aromatic N) is 2. The zero-order valence-corrected chi connectivity index (χ0v) is 15.8. The normalized spacial score (nSPS) is 17.0. The molecule has 0 aliphatic carbocycles. The highest BCUT2D eigenvalue weighted by Gasteiger charge is 2.33. The van der Waals surface area contributed by atoms with Gasteiger partial charge in [-0.3, -0.25) is 4.79 Å². The number of carbonyl (C=O) groups excluding carboxylic acids is 1. The van der Waals surface area contributed by atoms with Crippen molar-refractivity contribution in [3.63, 3.8) is 0 Å². The summed E-state index contributed by atoms with van der Waals surface area (Å²) in [5.74, 6) is -0.748. The van der Waals surface area contributed by atoms with Crippen LogP contribution in [0.1, 0.15) is 28.4 Å². The smallest absolute Gasteiger partial charge is 0.340 e. The van der Waals surface area contributed by atoms with Crippen LogP contribution >= 0.6 is 0 Å². The topological polar surface area (TPSA) is 102 Å². The van der Waals surface area contributed by atoms with Crippen molar-refractivity contribution in [1.29, 1.82) is 0 Å². The maximum Gasteiger partial charge on any atom is 0.340 e.